The van der Waals surface area contributed by atoms with Crippen LogP contribution >= 0.6 is 0 Å². The Balaban J connectivity index is 1.37. The molecule has 0 aliphatic rings. The SMILES string of the molecule is O=C(CC(Cc1cccc2ccccc12)C(=O)O)NCCc1c[nH]c2ccccc12. The molecule has 0 aliphatic carbocycles. The Kier molecular flexibility index (Phi) is 5.80. The molecule has 0 radical (unpaired) electrons. The van der Waals surface area contributed by atoms with E-state index in [1.807, 2.05) is 72.9 Å². The number of benzene rings is 3. The molecule has 3 aromatic carbocycles. The van der Waals surface area contributed by atoms with Crippen LogP contribution in [0.3, 0.4) is 0 Å². The number of aromatic nitrogens is 1. The molecule has 0 aliphatic heterocycles. The molecule has 0 fully saturated rings. The van der Waals surface area contributed by atoms with Crippen molar-refractivity contribution in [2.75, 3.05) is 6.54 Å². The van der Waals surface area contributed by atoms with Crippen LogP contribution in [-0.2, 0) is 22.4 Å². The van der Waals surface area contributed by atoms with Gasteiger partial charge in [-0.15, -0.1) is 0 Å². The van der Waals surface area contributed by atoms with E-state index in [0.29, 0.717) is 19.4 Å². The van der Waals surface area contributed by atoms with Gasteiger partial charge < -0.3 is 15.4 Å². The average molecular weight is 400 g/mol. The van der Waals surface area contributed by atoms with Crippen molar-refractivity contribution in [3.8, 4) is 0 Å². The van der Waals surface area contributed by atoms with E-state index >= 15 is 0 Å². The van der Waals surface area contributed by atoms with E-state index in [-0.39, 0.29) is 12.3 Å². The third-order valence-electron chi connectivity index (χ3n) is 5.52. The van der Waals surface area contributed by atoms with E-state index in [9.17, 15) is 14.7 Å². The first-order chi connectivity index (χ1) is 14.6. The number of carboxylic acids is 1. The number of amides is 1. The van der Waals surface area contributed by atoms with Crippen LogP contribution in [0.15, 0.2) is 72.9 Å². The van der Waals surface area contributed by atoms with Gasteiger partial charge in [-0.1, -0.05) is 60.7 Å². The average Bonchev–Trinajstić information content (AvgIpc) is 3.16. The Morgan fingerprint density at radius 2 is 1.63 bits per heavy atom. The summed E-state index contributed by atoms with van der Waals surface area (Å²) in [6.07, 6.45) is 2.94. The van der Waals surface area contributed by atoms with Crippen LogP contribution in [0, 0.1) is 5.92 Å². The summed E-state index contributed by atoms with van der Waals surface area (Å²) < 4.78 is 0. The summed E-state index contributed by atoms with van der Waals surface area (Å²) in [4.78, 5) is 27.4. The van der Waals surface area contributed by atoms with Gasteiger partial charge in [0.25, 0.3) is 0 Å². The number of aliphatic carboxylic acids is 1. The third kappa shape index (κ3) is 4.35. The summed E-state index contributed by atoms with van der Waals surface area (Å²) in [5.41, 5.74) is 3.16. The van der Waals surface area contributed by atoms with Gasteiger partial charge in [0, 0.05) is 30.1 Å². The van der Waals surface area contributed by atoms with Crippen molar-refractivity contribution >= 4 is 33.6 Å². The summed E-state index contributed by atoms with van der Waals surface area (Å²) >= 11 is 0. The predicted octanol–water partition coefficient (Wildman–Crippen LogP) is 4.31. The number of carboxylic acid groups (broad SMARTS) is 1. The summed E-state index contributed by atoms with van der Waals surface area (Å²) in [5.74, 6) is -1.94. The minimum atomic E-state index is -0.949. The highest BCUT2D eigenvalue weighted by molar-refractivity contribution is 5.87. The van der Waals surface area contributed by atoms with Crippen LogP contribution in [0.5, 0.6) is 0 Å². The van der Waals surface area contributed by atoms with Gasteiger partial charge in [0.05, 0.1) is 5.92 Å². The summed E-state index contributed by atoms with van der Waals surface area (Å²) in [7, 11) is 0. The highest BCUT2D eigenvalue weighted by Gasteiger charge is 2.22. The van der Waals surface area contributed by atoms with Crippen molar-refractivity contribution < 1.29 is 14.7 Å². The van der Waals surface area contributed by atoms with E-state index < -0.39 is 11.9 Å². The first-order valence-corrected chi connectivity index (χ1v) is 10.1. The second kappa shape index (κ2) is 8.82. The number of hydrogen-bond donors (Lipinski definition) is 3. The fraction of sp³-hybridized carbons (Fsp3) is 0.200. The van der Waals surface area contributed by atoms with Gasteiger partial charge in [0.1, 0.15) is 0 Å². The first kappa shape index (κ1) is 19.7. The normalized spacial score (nSPS) is 12.1. The lowest BCUT2D eigenvalue weighted by Gasteiger charge is -2.14. The molecule has 0 spiro atoms. The third-order valence-corrected chi connectivity index (χ3v) is 5.52. The minimum absolute atomic E-state index is 0.0353. The van der Waals surface area contributed by atoms with Gasteiger partial charge in [-0.05, 0) is 40.8 Å². The molecule has 5 nitrogen and oxygen atoms in total. The number of aromatic amines is 1. The second-order valence-corrected chi connectivity index (χ2v) is 7.54. The maximum Gasteiger partial charge on any atom is 0.307 e. The van der Waals surface area contributed by atoms with Gasteiger partial charge in [-0.25, -0.2) is 0 Å². The standard InChI is InChI=1S/C25H24N2O3/c28-24(26-13-12-19-16-27-23-11-4-3-10-22(19)23)15-20(25(29)30)14-18-8-5-7-17-6-1-2-9-21(17)18/h1-11,16,20,27H,12-15H2,(H,26,28)(H,29,30). The van der Waals surface area contributed by atoms with E-state index in [4.69, 9.17) is 0 Å². The van der Waals surface area contributed by atoms with E-state index in [1.54, 1.807) is 0 Å². The smallest absolute Gasteiger partial charge is 0.307 e. The fourth-order valence-electron chi connectivity index (χ4n) is 3.95. The number of fused-ring (bicyclic) bond motifs is 2. The molecular weight excluding hydrogens is 376 g/mol. The summed E-state index contributed by atoms with van der Waals surface area (Å²) in [6, 6.07) is 21.8. The molecule has 5 heteroatoms. The zero-order chi connectivity index (χ0) is 20.9. The maximum absolute atomic E-state index is 12.4. The van der Waals surface area contributed by atoms with Gasteiger partial charge in [0.15, 0.2) is 0 Å². The Labute approximate surface area is 174 Å². The van der Waals surface area contributed by atoms with Gasteiger partial charge in [-0.2, -0.15) is 0 Å². The van der Waals surface area contributed by atoms with Crippen LogP contribution in [0.25, 0.3) is 21.7 Å². The van der Waals surface area contributed by atoms with Crippen molar-refractivity contribution in [2.45, 2.75) is 19.3 Å². The molecule has 1 unspecified atom stereocenters. The van der Waals surface area contributed by atoms with Crippen LogP contribution in [0.4, 0.5) is 0 Å². The molecule has 0 saturated carbocycles. The number of carbonyl (C=O) groups is 2. The lowest BCUT2D eigenvalue weighted by Crippen LogP contribution is -2.30. The number of nitrogens with one attached hydrogen (secondary N) is 2. The zero-order valence-corrected chi connectivity index (χ0v) is 16.6. The van der Waals surface area contributed by atoms with E-state index in [0.717, 1.165) is 32.8 Å². The zero-order valence-electron chi connectivity index (χ0n) is 16.6. The Morgan fingerprint density at radius 3 is 2.47 bits per heavy atom. The molecule has 30 heavy (non-hydrogen) atoms. The highest BCUT2D eigenvalue weighted by Crippen LogP contribution is 2.23. The van der Waals surface area contributed by atoms with Crippen LogP contribution < -0.4 is 5.32 Å². The van der Waals surface area contributed by atoms with Gasteiger partial charge >= 0.3 is 5.97 Å². The Morgan fingerprint density at radius 1 is 0.900 bits per heavy atom. The number of hydrogen-bond acceptors (Lipinski definition) is 2. The van der Waals surface area contributed by atoms with E-state index in [1.165, 1.54) is 0 Å². The maximum atomic E-state index is 12.4. The fourth-order valence-corrected chi connectivity index (χ4v) is 3.95. The quantitative estimate of drug-likeness (QED) is 0.412. The largest absolute Gasteiger partial charge is 0.481 e. The number of H-pyrrole nitrogens is 1. The van der Waals surface area contributed by atoms with Crippen LogP contribution in [0.2, 0.25) is 0 Å². The molecule has 1 atom stereocenters. The number of carbonyl (C=O) groups excluding carboxylic acids is 1. The first-order valence-electron chi connectivity index (χ1n) is 10.1. The number of rotatable bonds is 8. The van der Waals surface area contributed by atoms with Crippen LogP contribution in [-0.4, -0.2) is 28.5 Å². The number of para-hydroxylation sites is 1. The molecule has 3 N–H and O–H groups in total. The van der Waals surface area contributed by atoms with Crippen LogP contribution in [0.1, 0.15) is 17.5 Å². The van der Waals surface area contributed by atoms with Crippen molar-refractivity contribution in [1.29, 1.82) is 0 Å². The molecule has 0 bridgehead atoms. The summed E-state index contributed by atoms with van der Waals surface area (Å²) in [5, 5.41) is 15.8. The predicted molar refractivity (Wildman–Crippen MR) is 118 cm³/mol. The molecule has 0 saturated heterocycles. The molecule has 4 rings (SSSR count). The monoisotopic (exact) mass is 400 g/mol. The molecular formula is C25H24N2O3. The summed E-state index contributed by atoms with van der Waals surface area (Å²) in [6.45, 7) is 0.473. The molecule has 4 aromatic rings. The molecule has 152 valence electrons. The van der Waals surface area contributed by atoms with Gasteiger partial charge in [0.2, 0.25) is 5.91 Å². The van der Waals surface area contributed by atoms with Gasteiger partial charge in [-0.3, -0.25) is 9.59 Å². The molecule has 1 amide bonds. The van der Waals surface area contributed by atoms with Crippen molar-refractivity contribution in [1.82, 2.24) is 10.3 Å². The molecule has 1 heterocycles. The Hall–Kier alpha value is -3.60. The van der Waals surface area contributed by atoms with Crippen molar-refractivity contribution in [3.63, 3.8) is 0 Å². The molecule has 1 aromatic heterocycles. The van der Waals surface area contributed by atoms with Crippen molar-refractivity contribution in [3.05, 3.63) is 84.1 Å². The lowest BCUT2D eigenvalue weighted by atomic mass is 9.92. The second-order valence-electron chi connectivity index (χ2n) is 7.54. The Bertz CT molecular complexity index is 1190. The van der Waals surface area contributed by atoms with Crippen molar-refractivity contribution in [2.24, 2.45) is 5.92 Å². The topological polar surface area (TPSA) is 82.2 Å². The lowest BCUT2D eigenvalue weighted by molar-refractivity contribution is -0.144. The minimum Gasteiger partial charge on any atom is -0.481 e. The van der Waals surface area contributed by atoms with E-state index in [2.05, 4.69) is 10.3 Å². The highest BCUT2D eigenvalue weighted by atomic mass is 16.4.